The molecule has 1 aliphatic heterocycles. The first-order valence-corrected chi connectivity index (χ1v) is 9.79. The van der Waals surface area contributed by atoms with Crippen molar-refractivity contribution in [1.82, 2.24) is 15.3 Å². The lowest BCUT2D eigenvalue weighted by Gasteiger charge is -2.30. The molecule has 7 heteroatoms. The molecule has 1 fully saturated rings. The summed E-state index contributed by atoms with van der Waals surface area (Å²) >= 11 is 1.62. The van der Waals surface area contributed by atoms with Gasteiger partial charge in [-0.15, -0.1) is 11.8 Å². The van der Waals surface area contributed by atoms with Crippen molar-refractivity contribution in [2.75, 3.05) is 17.2 Å². The molecule has 1 saturated carbocycles. The Morgan fingerprint density at radius 3 is 3.20 bits per heavy atom. The SMILES string of the molecule is N[C@@H]1CCC[C@H](NC(=O)C2=CN(c3ccnc4[nH]ccc34)CCS2)C1. The van der Waals surface area contributed by atoms with E-state index >= 15 is 0 Å². The number of anilines is 1. The van der Waals surface area contributed by atoms with Crippen LogP contribution >= 0.6 is 11.8 Å². The number of aromatic amines is 1. The van der Waals surface area contributed by atoms with Crippen molar-refractivity contribution in [3.63, 3.8) is 0 Å². The van der Waals surface area contributed by atoms with Crippen molar-refractivity contribution in [2.24, 2.45) is 5.73 Å². The number of H-pyrrole nitrogens is 1. The number of thioether (sulfide) groups is 1. The number of pyridine rings is 1. The molecule has 2 aliphatic rings. The molecule has 3 heterocycles. The normalized spacial score (nSPS) is 24.2. The predicted molar refractivity (Wildman–Crippen MR) is 102 cm³/mol. The maximum absolute atomic E-state index is 12.7. The molecule has 132 valence electrons. The fraction of sp³-hybridized carbons (Fsp3) is 0.444. The summed E-state index contributed by atoms with van der Waals surface area (Å²) in [6, 6.07) is 4.43. The topological polar surface area (TPSA) is 87.0 Å². The summed E-state index contributed by atoms with van der Waals surface area (Å²) in [6.07, 6.45) is 9.71. The van der Waals surface area contributed by atoms with E-state index in [1.165, 1.54) is 0 Å². The molecule has 1 amide bonds. The van der Waals surface area contributed by atoms with Crippen LogP contribution in [0.15, 0.2) is 35.6 Å². The van der Waals surface area contributed by atoms with Crippen LogP contribution in [-0.4, -0.2) is 40.3 Å². The Hall–Kier alpha value is -1.99. The van der Waals surface area contributed by atoms with Gasteiger partial charge in [0.25, 0.3) is 5.91 Å². The van der Waals surface area contributed by atoms with E-state index in [1.807, 2.05) is 24.5 Å². The fourth-order valence-electron chi connectivity index (χ4n) is 3.62. The van der Waals surface area contributed by atoms with Gasteiger partial charge in [0.2, 0.25) is 0 Å². The van der Waals surface area contributed by atoms with Crippen LogP contribution in [0.5, 0.6) is 0 Å². The third kappa shape index (κ3) is 3.52. The lowest BCUT2D eigenvalue weighted by Crippen LogP contribution is -2.43. The minimum atomic E-state index is 0.0215. The molecule has 4 N–H and O–H groups in total. The number of hydrogen-bond acceptors (Lipinski definition) is 5. The van der Waals surface area contributed by atoms with E-state index in [-0.39, 0.29) is 18.0 Å². The Morgan fingerprint density at radius 1 is 1.40 bits per heavy atom. The predicted octanol–water partition coefficient (Wildman–Crippen LogP) is 2.34. The molecule has 0 bridgehead atoms. The van der Waals surface area contributed by atoms with Crippen molar-refractivity contribution in [3.05, 3.63) is 35.6 Å². The highest BCUT2D eigenvalue weighted by atomic mass is 32.2. The molecule has 0 unspecified atom stereocenters. The van der Waals surface area contributed by atoms with E-state index in [2.05, 4.69) is 20.2 Å². The maximum atomic E-state index is 12.7. The number of fused-ring (bicyclic) bond motifs is 1. The molecular weight excluding hydrogens is 334 g/mol. The molecule has 1 aliphatic carbocycles. The second kappa shape index (κ2) is 7.09. The lowest BCUT2D eigenvalue weighted by molar-refractivity contribution is -0.117. The summed E-state index contributed by atoms with van der Waals surface area (Å²) in [5.74, 6) is 0.908. The van der Waals surface area contributed by atoms with Gasteiger partial charge in [-0.3, -0.25) is 4.79 Å². The third-order valence-electron chi connectivity index (χ3n) is 4.88. The summed E-state index contributed by atoms with van der Waals surface area (Å²) in [5.41, 5.74) is 7.98. The highest BCUT2D eigenvalue weighted by molar-refractivity contribution is 8.04. The number of nitrogens with zero attached hydrogens (tertiary/aromatic N) is 2. The smallest absolute Gasteiger partial charge is 0.259 e. The van der Waals surface area contributed by atoms with Crippen molar-refractivity contribution in [1.29, 1.82) is 0 Å². The highest BCUT2D eigenvalue weighted by Crippen LogP contribution is 2.30. The summed E-state index contributed by atoms with van der Waals surface area (Å²) in [5, 5.41) is 4.24. The highest BCUT2D eigenvalue weighted by Gasteiger charge is 2.24. The van der Waals surface area contributed by atoms with Gasteiger partial charge >= 0.3 is 0 Å². The first-order chi connectivity index (χ1) is 12.2. The largest absolute Gasteiger partial charge is 0.349 e. The number of aromatic nitrogens is 2. The average molecular weight is 357 g/mol. The summed E-state index contributed by atoms with van der Waals surface area (Å²) in [4.78, 5) is 23.1. The van der Waals surface area contributed by atoms with E-state index < -0.39 is 0 Å². The Balaban J connectivity index is 1.52. The van der Waals surface area contributed by atoms with Crippen molar-refractivity contribution < 1.29 is 4.79 Å². The molecule has 2 aromatic rings. The van der Waals surface area contributed by atoms with Crippen molar-refractivity contribution in [2.45, 2.75) is 37.8 Å². The maximum Gasteiger partial charge on any atom is 0.259 e. The van der Waals surface area contributed by atoms with Crippen LogP contribution < -0.4 is 16.0 Å². The van der Waals surface area contributed by atoms with Crippen LogP contribution in [0.25, 0.3) is 11.0 Å². The Labute approximate surface area is 151 Å². The average Bonchev–Trinajstić information content (AvgIpc) is 3.10. The zero-order valence-corrected chi connectivity index (χ0v) is 14.9. The molecule has 0 spiro atoms. The standard InChI is InChI=1S/C18H23N5OS/c19-12-2-1-3-13(10-12)22-18(24)16-11-23(8-9-25-16)15-5-7-21-17-14(15)4-6-20-17/h4-7,11-13H,1-3,8-10,19H2,(H,20,21)(H,22,24)/t12-,13+/m1/s1. The molecular formula is C18H23N5OS. The summed E-state index contributed by atoms with van der Waals surface area (Å²) in [7, 11) is 0. The van der Waals surface area contributed by atoms with Gasteiger partial charge in [-0.1, -0.05) is 0 Å². The zero-order chi connectivity index (χ0) is 17.2. The lowest BCUT2D eigenvalue weighted by atomic mass is 9.91. The first kappa shape index (κ1) is 16.5. The van der Waals surface area contributed by atoms with Gasteiger partial charge in [-0.05, 0) is 37.8 Å². The van der Waals surface area contributed by atoms with E-state index in [0.717, 1.165) is 59.6 Å². The van der Waals surface area contributed by atoms with Gasteiger partial charge in [0.15, 0.2) is 0 Å². The molecule has 2 aromatic heterocycles. The first-order valence-electron chi connectivity index (χ1n) is 8.80. The van der Waals surface area contributed by atoms with Gasteiger partial charge in [-0.2, -0.15) is 0 Å². The summed E-state index contributed by atoms with van der Waals surface area (Å²) in [6.45, 7) is 0.875. The van der Waals surface area contributed by atoms with Gasteiger partial charge in [0, 0.05) is 48.4 Å². The van der Waals surface area contributed by atoms with Crippen LogP contribution in [0.3, 0.4) is 0 Å². The number of hydrogen-bond donors (Lipinski definition) is 3. The van der Waals surface area contributed by atoms with Crippen molar-refractivity contribution >= 4 is 34.4 Å². The second-order valence-electron chi connectivity index (χ2n) is 6.70. The van der Waals surface area contributed by atoms with Crippen LogP contribution in [0.4, 0.5) is 5.69 Å². The number of rotatable bonds is 3. The molecule has 4 rings (SSSR count). The summed E-state index contributed by atoms with van der Waals surface area (Å²) < 4.78 is 0. The van der Waals surface area contributed by atoms with Crippen LogP contribution in [0, 0.1) is 0 Å². The van der Waals surface area contributed by atoms with Gasteiger partial charge in [0.05, 0.1) is 10.6 Å². The Morgan fingerprint density at radius 2 is 2.32 bits per heavy atom. The van der Waals surface area contributed by atoms with E-state index in [4.69, 9.17) is 5.73 Å². The zero-order valence-electron chi connectivity index (χ0n) is 14.1. The number of amides is 1. The van der Waals surface area contributed by atoms with Gasteiger partial charge in [0.1, 0.15) is 5.65 Å². The number of nitrogens with two attached hydrogens (primary N) is 1. The number of carbonyl (C=O) groups excluding carboxylic acids is 1. The molecule has 0 aromatic carbocycles. The van der Waals surface area contributed by atoms with Crippen LogP contribution in [-0.2, 0) is 4.79 Å². The minimum absolute atomic E-state index is 0.0215. The number of nitrogens with one attached hydrogen (secondary N) is 2. The van der Waals surface area contributed by atoms with Crippen LogP contribution in [0.1, 0.15) is 25.7 Å². The molecule has 0 saturated heterocycles. The van der Waals surface area contributed by atoms with E-state index in [0.29, 0.717) is 0 Å². The second-order valence-corrected chi connectivity index (χ2v) is 7.84. The number of carbonyl (C=O) groups is 1. The molecule has 0 radical (unpaired) electrons. The van der Waals surface area contributed by atoms with Crippen LogP contribution in [0.2, 0.25) is 0 Å². The van der Waals surface area contributed by atoms with E-state index in [9.17, 15) is 4.79 Å². The van der Waals surface area contributed by atoms with Gasteiger partial charge in [-0.25, -0.2) is 4.98 Å². The monoisotopic (exact) mass is 357 g/mol. The molecule has 25 heavy (non-hydrogen) atoms. The van der Waals surface area contributed by atoms with Gasteiger partial charge < -0.3 is 20.9 Å². The fourth-order valence-corrected chi connectivity index (χ4v) is 4.52. The molecule has 2 atom stereocenters. The molecule has 6 nitrogen and oxygen atoms in total. The van der Waals surface area contributed by atoms with E-state index in [1.54, 1.807) is 18.0 Å². The Bertz CT molecular complexity index is 802. The third-order valence-corrected chi connectivity index (χ3v) is 5.87. The quantitative estimate of drug-likeness (QED) is 0.785. The van der Waals surface area contributed by atoms with Crippen molar-refractivity contribution in [3.8, 4) is 0 Å². The Kier molecular flexibility index (Phi) is 4.67. The minimum Gasteiger partial charge on any atom is -0.349 e.